The largest absolute Gasteiger partial charge is 0.392 e. The molecule has 0 unspecified atom stereocenters. The number of anilines is 1. The number of para-hydroxylation sites is 1. The highest BCUT2D eigenvalue weighted by molar-refractivity contribution is 5.81. The highest BCUT2D eigenvalue weighted by Gasteiger charge is 2.10. The molecule has 0 amide bonds. The van der Waals surface area contributed by atoms with Gasteiger partial charge in [0.25, 0.3) is 0 Å². The molecule has 19 heavy (non-hydrogen) atoms. The molecule has 0 saturated heterocycles. The smallest absolute Gasteiger partial charge is 0.134 e. The van der Waals surface area contributed by atoms with E-state index in [0.29, 0.717) is 0 Å². The van der Waals surface area contributed by atoms with Crippen molar-refractivity contribution in [3.63, 3.8) is 0 Å². The lowest BCUT2D eigenvalue weighted by Gasteiger charge is -2.21. The molecular formula is C15H20N2O2. The van der Waals surface area contributed by atoms with E-state index >= 15 is 0 Å². The molecule has 0 aliphatic rings. The number of ether oxygens (including phenoxy) is 1. The molecule has 0 aliphatic carbocycles. The van der Waals surface area contributed by atoms with Crippen LogP contribution in [0.1, 0.15) is 12.0 Å². The van der Waals surface area contributed by atoms with Crippen LogP contribution in [-0.4, -0.2) is 37.4 Å². The number of pyridine rings is 1. The van der Waals surface area contributed by atoms with Gasteiger partial charge in [-0.05, 0) is 18.6 Å². The van der Waals surface area contributed by atoms with E-state index in [1.165, 1.54) is 0 Å². The summed E-state index contributed by atoms with van der Waals surface area (Å²) in [6, 6.07) is 9.96. The summed E-state index contributed by atoms with van der Waals surface area (Å²) < 4.78 is 5.06. The Morgan fingerprint density at radius 1 is 1.32 bits per heavy atom. The molecular weight excluding hydrogens is 240 g/mol. The van der Waals surface area contributed by atoms with Crippen molar-refractivity contribution < 1.29 is 9.84 Å². The topological polar surface area (TPSA) is 45.6 Å². The summed E-state index contributed by atoms with van der Waals surface area (Å²) in [5.74, 6) is 0.845. The van der Waals surface area contributed by atoms with Gasteiger partial charge in [0.05, 0.1) is 12.1 Å². The van der Waals surface area contributed by atoms with E-state index in [4.69, 9.17) is 4.74 Å². The number of aliphatic hydroxyl groups excluding tert-OH is 1. The quantitative estimate of drug-likeness (QED) is 0.809. The van der Waals surface area contributed by atoms with Gasteiger partial charge in [0.1, 0.15) is 5.82 Å². The molecule has 0 fully saturated rings. The molecule has 0 atom stereocenters. The molecule has 102 valence electrons. The van der Waals surface area contributed by atoms with Gasteiger partial charge in [-0.1, -0.05) is 18.2 Å². The monoisotopic (exact) mass is 260 g/mol. The lowest BCUT2D eigenvalue weighted by molar-refractivity contribution is 0.196. The van der Waals surface area contributed by atoms with Crippen molar-refractivity contribution in [1.29, 1.82) is 0 Å². The first kappa shape index (κ1) is 13.8. The van der Waals surface area contributed by atoms with Gasteiger partial charge < -0.3 is 14.7 Å². The van der Waals surface area contributed by atoms with E-state index in [1.807, 2.05) is 37.4 Å². The highest BCUT2D eigenvalue weighted by atomic mass is 16.5. The minimum Gasteiger partial charge on any atom is -0.392 e. The maximum Gasteiger partial charge on any atom is 0.134 e. The highest BCUT2D eigenvalue weighted by Crippen LogP contribution is 2.23. The maximum absolute atomic E-state index is 9.51. The van der Waals surface area contributed by atoms with E-state index in [1.54, 1.807) is 7.11 Å². The zero-order valence-electron chi connectivity index (χ0n) is 11.5. The van der Waals surface area contributed by atoms with Gasteiger partial charge in [0.2, 0.25) is 0 Å². The van der Waals surface area contributed by atoms with Crippen LogP contribution < -0.4 is 4.90 Å². The fraction of sp³-hybridized carbons (Fsp3) is 0.400. The maximum atomic E-state index is 9.51. The van der Waals surface area contributed by atoms with Crippen LogP contribution in [0, 0.1) is 0 Å². The fourth-order valence-electron chi connectivity index (χ4n) is 2.15. The number of aromatic nitrogens is 1. The number of rotatable bonds is 6. The van der Waals surface area contributed by atoms with Gasteiger partial charge in [0, 0.05) is 38.3 Å². The van der Waals surface area contributed by atoms with Crippen LogP contribution in [0.25, 0.3) is 10.9 Å². The molecule has 0 bridgehead atoms. The second-order valence-electron chi connectivity index (χ2n) is 4.59. The van der Waals surface area contributed by atoms with Gasteiger partial charge >= 0.3 is 0 Å². The van der Waals surface area contributed by atoms with Crippen molar-refractivity contribution in [3.05, 3.63) is 35.9 Å². The molecule has 0 spiro atoms. The molecule has 1 heterocycles. The number of aliphatic hydroxyl groups is 1. The van der Waals surface area contributed by atoms with Crippen LogP contribution >= 0.6 is 0 Å². The minimum absolute atomic E-state index is 0.00177. The summed E-state index contributed by atoms with van der Waals surface area (Å²) in [6.45, 7) is 1.58. The normalized spacial score (nSPS) is 10.9. The molecule has 1 aromatic heterocycles. The summed E-state index contributed by atoms with van der Waals surface area (Å²) in [7, 11) is 3.69. The average Bonchev–Trinajstić information content (AvgIpc) is 2.46. The van der Waals surface area contributed by atoms with Crippen molar-refractivity contribution in [2.45, 2.75) is 13.0 Å². The first-order valence-corrected chi connectivity index (χ1v) is 6.46. The number of hydrogen-bond donors (Lipinski definition) is 1. The third kappa shape index (κ3) is 3.22. The number of hydrogen-bond acceptors (Lipinski definition) is 4. The van der Waals surface area contributed by atoms with Gasteiger partial charge in [-0.25, -0.2) is 4.98 Å². The molecule has 2 aromatic rings. The predicted octanol–water partition coefficient (Wildman–Crippen LogP) is 2.20. The number of nitrogens with zero attached hydrogens (tertiary/aromatic N) is 2. The first-order chi connectivity index (χ1) is 9.26. The van der Waals surface area contributed by atoms with Crippen molar-refractivity contribution in [2.75, 3.05) is 32.2 Å². The number of benzene rings is 1. The Balaban J connectivity index is 2.29. The summed E-state index contributed by atoms with van der Waals surface area (Å²) in [5, 5.41) is 10.6. The van der Waals surface area contributed by atoms with Crippen LogP contribution in [0.3, 0.4) is 0 Å². The van der Waals surface area contributed by atoms with Crippen LogP contribution in [0.4, 0.5) is 5.82 Å². The van der Waals surface area contributed by atoms with E-state index < -0.39 is 0 Å². The van der Waals surface area contributed by atoms with Crippen LogP contribution in [0.2, 0.25) is 0 Å². The Morgan fingerprint density at radius 2 is 2.11 bits per heavy atom. The third-order valence-corrected chi connectivity index (χ3v) is 3.15. The Hall–Kier alpha value is -1.65. The standard InChI is InChI=1S/C15H20N2O2/c1-17(8-5-9-19-2)15-13(11-18)10-12-6-3-4-7-14(12)16-15/h3-4,6-7,10,18H,5,8-9,11H2,1-2H3. The van der Waals surface area contributed by atoms with Crippen molar-refractivity contribution in [1.82, 2.24) is 4.98 Å². The molecule has 4 heteroatoms. The molecule has 0 radical (unpaired) electrons. The number of fused-ring (bicyclic) bond motifs is 1. The second kappa shape index (κ2) is 6.50. The molecule has 2 rings (SSSR count). The Kier molecular flexibility index (Phi) is 4.71. The van der Waals surface area contributed by atoms with Crippen LogP contribution in [-0.2, 0) is 11.3 Å². The summed E-state index contributed by atoms with van der Waals surface area (Å²) in [4.78, 5) is 6.72. The van der Waals surface area contributed by atoms with Crippen molar-refractivity contribution in [2.24, 2.45) is 0 Å². The van der Waals surface area contributed by atoms with E-state index in [-0.39, 0.29) is 6.61 Å². The molecule has 1 N–H and O–H groups in total. The Labute approximate surface area is 113 Å². The van der Waals surface area contributed by atoms with Gasteiger partial charge in [-0.3, -0.25) is 0 Å². The van der Waals surface area contributed by atoms with E-state index in [2.05, 4.69) is 9.88 Å². The van der Waals surface area contributed by atoms with Crippen molar-refractivity contribution >= 4 is 16.7 Å². The summed E-state index contributed by atoms with van der Waals surface area (Å²) in [5.41, 5.74) is 1.81. The van der Waals surface area contributed by atoms with Gasteiger partial charge in [-0.2, -0.15) is 0 Å². The minimum atomic E-state index is 0.00177. The average molecular weight is 260 g/mol. The fourth-order valence-corrected chi connectivity index (χ4v) is 2.15. The predicted molar refractivity (Wildman–Crippen MR) is 77.4 cm³/mol. The SMILES string of the molecule is COCCCN(C)c1nc2ccccc2cc1CO. The second-order valence-corrected chi connectivity index (χ2v) is 4.59. The van der Waals surface area contributed by atoms with E-state index in [9.17, 15) is 5.11 Å². The zero-order chi connectivity index (χ0) is 13.7. The van der Waals surface area contributed by atoms with Crippen LogP contribution in [0.15, 0.2) is 30.3 Å². The lowest BCUT2D eigenvalue weighted by Crippen LogP contribution is -2.22. The van der Waals surface area contributed by atoms with Gasteiger partial charge in [-0.15, -0.1) is 0 Å². The van der Waals surface area contributed by atoms with Crippen LogP contribution in [0.5, 0.6) is 0 Å². The zero-order valence-corrected chi connectivity index (χ0v) is 11.5. The summed E-state index contributed by atoms with van der Waals surface area (Å²) in [6.07, 6.45) is 0.937. The van der Waals surface area contributed by atoms with E-state index in [0.717, 1.165) is 41.9 Å². The summed E-state index contributed by atoms with van der Waals surface area (Å²) >= 11 is 0. The Morgan fingerprint density at radius 3 is 2.84 bits per heavy atom. The molecule has 0 saturated carbocycles. The lowest BCUT2D eigenvalue weighted by atomic mass is 10.1. The number of methoxy groups -OCH3 is 1. The first-order valence-electron chi connectivity index (χ1n) is 6.46. The van der Waals surface area contributed by atoms with Crippen molar-refractivity contribution in [3.8, 4) is 0 Å². The molecule has 0 aliphatic heterocycles. The molecule has 1 aromatic carbocycles. The third-order valence-electron chi connectivity index (χ3n) is 3.15. The van der Waals surface area contributed by atoms with Gasteiger partial charge in [0.15, 0.2) is 0 Å². The Bertz CT molecular complexity index is 543. The molecule has 4 nitrogen and oxygen atoms in total.